The van der Waals surface area contributed by atoms with E-state index in [1.807, 2.05) is 26.0 Å². The van der Waals surface area contributed by atoms with Crippen LogP contribution in [0.2, 0.25) is 5.02 Å². The van der Waals surface area contributed by atoms with Crippen LogP contribution in [0.15, 0.2) is 46.9 Å². The van der Waals surface area contributed by atoms with Crippen LogP contribution in [-0.2, 0) is 4.79 Å². The number of nitrogens with zero attached hydrogens (tertiary/aromatic N) is 1. The molecule has 0 radical (unpaired) electrons. The van der Waals surface area contributed by atoms with Crippen molar-refractivity contribution in [1.82, 2.24) is 4.90 Å². The topological polar surface area (TPSA) is 49.4 Å². The third-order valence-corrected chi connectivity index (χ3v) is 4.28. The van der Waals surface area contributed by atoms with Crippen LogP contribution in [0.25, 0.3) is 0 Å². The maximum atomic E-state index is 12.5. The Labute approximate surface area is 154 Å². The van der Waals surface area contributed by atoms with Gasteiger partial charge in [0.05, 0.1) is 0 Å². The molecular formula is C18H18BrClN2O2. The Hall–Kier alpha value is -1.85. The summed E-state index contributed by atoms with van der Waals surface area (Å²) in [7, 11) is 0. The zero-order chi connectivity index (χ0) is 17.7. The molecule has 0 saturated carbocycles. The summed E-state index contributed by atoms with van der Waals surface area (Å²) in [6.45, 7) is 4.14. The Bertz CT molecular complexity index is 764. The van der Waals surface area contributed by atoms with E-state index in [1.165, 1.54) is 4.90 Å². The van der Waals surface area contributed by atoms with E-state index in [-0.39, 0.29) is 18.4 Å². The smallest absolute Gasteiger partial charge is 0.254 e. The van der Waals surface area contributed by atoms with Crippen LogP contribution in [0.4, 0.5) is 5.69 Å². The molecule has 24 heavy (non-hydrogen) atoms. The number of amides is 2. The summed E-state index contributed by atoms with van der Waals surface area (Å²) in [5.41, 5.74) is 2.10. The molecule has 0 fully saturated rings. The van der Waals surface area contributed by atoms with Gasteiger partial charge < -0.3 is 10.2 Å². The Morgan fingerprint density at radius 1 is 1.21 bits per heavy atom. The largest absolute Gasteiger partial charge is 0.330 e. The highest BCUT2D eigenvalue weighted by Crippen LogP contribution is 2.20. The van der Waals surface area contributed by atoms with E-state index in [2.05, 4.69) is 21.2 Å². The number of aryl methyl sites for hydroxylation is 1. The second-order valence-electron chi connectivity index (χ2n) is 5.34. The lowest BCUT2D eigenvalue weighted by Gasteiger charge is -2.21. The van der Waals surface area contributed by atoms with Crippen molar-refractivity contribution in [3.63, 3.8) is 0 Å². The molecule has 4 nitrogen and oxygen atoms in total. The van der Waals surface area contributed by atoms with E-state index in [0.717, 1.165) is 10.0 Å². The van der Waals surface area contributed by atoms with E-state index in [4.69, 9.17) is 11.6 Å². The van der Waals surface area contributed by atoms with Crippen molar-refractivity contribution in [1.29, 1.82) is 0 Å². The fourth-order valence-electron chi connectivity index (χ4n) is 2.22. The van der Waals surface area contributed by atoms with Crippen molar-refractivity contribution in [2.24, 2.45) is 0 Å². The number of carbonyl (C=O) groups is 2. The maximum Gasteiger partial charge on any atom is 0.254 e. The molecule has 0 saturated heterocycles. The van der Waals surface area contributed by atoms with Gasteiger partial charge in [-0.05, 0) is 49.7 Å². The van der Waals surface area contributed by atoms with Gasteiger partial charge in [-0.25, -0.2) is 0 Å². The van der Waals surface area contributed by atoms with Crippen LogP contribution >= 0.6 is 27.5 Å². The molecule has 126 valence electrons. The second kappa shape index (κ2) is 8.31. The summed E-state index contributed by atoms with van der Waals surface area (Å²) in [6.07, 6.45) is 0. The molecule has 0 unspecified atom stereocenters. The Kier molecular flexibility index (Phi) is 6.40. The molecule has 0 heterocycles. The predicted octanol–water partition coefficient (Wildman–Crippen LogP) is 4.51. The number of rotatable bonds is 5. The van der Waals surface area contributed by atoms with Crippen LogP contribution < -0.4 is 5.32 Å². The van der Waals surface area contributed by atoms with Gasteiger partial charge >= 0.3 is 0 Å². The Morgan fingerprint density at radius 2 is 1.96 bits per heavy atom. The third kappa shape index (κ3) is 4.82. The van der Waals surface area contributed by atoms with Gasteiger partial charge in [0.1, 0.15) is 6.54 Å². The molecule has 1 N–H and O–H groups in total. The highest BCUT2D eigenvalue weighted by molar-refractivity contribution is 9.10. The van der Waals surface area contributed by atoms with Gasteiger partial charge in [0.2, 0.25) is 5.91 Å². The SMILES string of the molecule is CCN(CC(=O)Nc1cc(Cl)ccc1C)C(=O)c1cccc(Br)c1. The summed E-state index contributed by atoms with van der Waals surface area (Å²) in [4.78, 5) is 26.3. The fourth-order valence-corrected chi connectivity index (χ4v) is 2.79. The lowest BCUT2D eigenvalue weighted by atomic mass is 10.2. The van der Waals surface area contributed by atoms with Crippen LogP contribution in [0, 0.1) is 6.92 Å². The van der Waals surface area contributed by atoms with E-state index in [1.54, 1.807) is 30.3 Å². The van der Waals surface area contributed by atoms with Crippen molar-refractivity contribution in [2.75, 3.05) is 18.4 Å². The monoisotopic (exact) mass is 408 g/mol. The number of likely N-dealkylation sites (N-methyl/N-ethyl adjacent to an activating group) is 1. The van der Waals surface area contributed by atoms with Crippen molar-refractivity contribution in [3.8, 4) is 0 Å². The van der Waals surface area contributed by atoms with Crippen molar-refractivity contribution in [2.45, 2.75) is 13.8 Å². The van der Waals surface area contributed by atoms with Gasteiger partial charge in [0, 0.05) is 27.3 Å². The number of halogens is 2. The maximum absolute atomic E-state index is 12.5. The number of nitrogens with one attached hydrogen (secondary N) is 1. The first-order valence-corrected chi connectivity index (χ1v) is 8.68. The quantitative estimate of drug-likeness (QED) is 0.790. The molecule has 2 amide bonds. The van der Waals surface area contributed by atoms with Crippen molar-refractivity contribution >= 4 is 45.0 Å². The van der Waals surface area contributed by atoms with Gasteiger partial charge in [-0.2, -0.15) is 0 Å². The van der Waals surface area contributed by atoms with E-state index < -0.39 is 0 Å². The zero-order valence-corrected chi connectivity index (χ0v) is 15.8. The van der Waals surface area contributed by atoms with E-state index >= 15 is 0 Å². The highest BCUT2D eigenvalue weighted by Gasteiger charge is 2.18. The number of carbonyl (C=O) groups excluding carboxylic acids is 2. The number of benzene rings is 2. The highest BCUT2D eigenvalue weighted by atomic mass is 79.9. The summed E-state index contributed by atoms with van der Waals surface area (Å²) >= 11 is 9.31. The Balaban J connectivity index is 2.08. The average molecular weight is 410 g/mol. The normalized spacial score (nSPS) is 10.3. The van der Waals surface area contributed by atoms with Gasteiger partial charge in [-0.3, -0.25) is 9.59 Å². The molecule has 2 rings (SSSR count). The fraction of sp³-hybridized carbons (Fsp3) is 0.222. The van der Waals surface area contributed by atoms with Crippen molar-refractivity contribution < 1.29 is 9.59 Å². The molecule has 0 aliphatic carbocycles. The molecule has 2 aromatic rings. The third-order valence-electron chi connectivity index (χ3n) is 3.55. The van der Waals surface area contributed by atoms with Gasteiger partial charge in [0.25, 0.3) is 5.91 Å². The molecule has 0 bridgehead atoms. The summed E-state index contributed by atoms with van der Waals surface area (Å²) in [5.74, 6) is -0.442. The predicted molar refractivity (Wildman–Crippen MR) is 101 cm³/mol. The minimum atomic E-state index is -0.259. The molecule has 0 aliphatic heterocycles. The molecule has 6 heteroatoms. The first-order valence-electron chi connectivity index (χ1n) is 7.51. The number of hydrogen-bond acceptors (Lipinski definition) is 2. The van der Waals surface area contributed by atoms with Gasteiger partial charge in [-0.15, -0.1) is 0 Å². The van der Waals surface area contributed by atoms with E-state index in [9.17, 15) is 9.59 Å². The molecule has 2 aromatic carbocycles. The van der Waals surface area contributed by atoms with Gasteiger partial charge in [-0.1, -0.05) is 39.7 Å². The molecule has 0 aromatic heterocycles. The summed E-state index contributed by atoms with van der Waals surface area (Å²) in [5, 5.41) is 3.36. The summed E-state index contributed by atoms with van der Waals surface area (Å²) in [6, 6.07) is 12.4. The number of anilines is 1. The first kappa shape index (κ1) is 18.5. The molecule has 0 atom stereocenters. The lowest BCUT2D eigenvalue weighted by molar-refractivity contribution is -0.116. The molecule has 0 aliphatic rings. The van der Waals surface area contributed by atoms with Crippen LogP contribution in [0.3, 0.4) is 0 Å². The lowest BCUT2D eigenvalue weighted by Crippen LogP contribution is -2.38. The zero-order valence-electron chi connectivity index (χ0n) is 13.5. The average Bonchev–Trinajstić information content (AvgIpc) is 2.55. The summed E-state index contributed by atoms with van der Waals surface area (Å²) < 4.78 is 0.823. The Morgan fingerprint density at radius 3 is 2.62 bits per heavy atom. The van der Waals surface area contributed by atoms with Gasteiger partial charge in [0.15, 0.2) is 0 Å². The standard InChI is InChI=1S/C18H18BrClN2O2/c1-3-22(18(24)13-5-4-6-14(19)9-13)11-17(23)21-16-10-15(20)8-7-12(16)2/h4-10H,3,11H2,1-2H3,(H,21,23). The van der Waals surface area contributed by atoms with Crippen LogP contribution in [-0.4, -0.2) is 29.8 Å². The second-order valence-corrected chi connectivity index (χ2v) is 6.69. The van der Waals surface area contributed by atoms with Crippen LogP contribution in [0.1, 0.15) is 22.8 Å². The van der Waals surface area contributed by atoms with Crippen LogP contribution in [0.5, 0.6) is 0 Å². The number of hydrogen-bond donors (Lipinski definition) is 1. The minimum absolute atomic E-state index is 0.0200. The van der Waals surface area contributed by atoms with Crippen molar-refractivity contribution in [3.05, 3.63) is 63.1 Å². The molecular weight excluding hydrogens is 392 g/mol. The minimum Gasteiger partial charge on any atom is -0.330 e. The first-order chi connectivity index (χ1) is 11.4. The molecule has 0 spiro atoms. The van der Waals surface area contributed by atoms with E-state index in [0.29, 0.717) is 22.8 Å².